The Bertz CT molecular complexity index is 379. The number of rotatable bonds is 4. The molecule has 2 N–H and O–H groups in total. The second kappa shape index (κ2) is 5.65. The largest absolute Gasteiger partial charge is 0.313 e. The highest BCUT2D eigenvalue weighted by Gasteiger charge is 2.13. The van der Waals surface area contributed by atoms with Crippen molar-refractivity contribution < 1.29 is 0 Å². The van der Waals surface area contributed by atoms with Gasteiger partial charge in [0.05, 0.1) is 0 Å². The Balaban J connectivity index is 1.87. The summed E-state index contributed by atoms with van der Waals surface area (Å²) >= 11 is 0. The van der Waals surface area contributed by atoms with Crippen molar-refractivity contribution in [2.24, 2.45) is 0 Å². The summed E-state index contributed by atoms with van der Waals surface area (Å²) in [5, 5.41) is 7.08. The van der Waals surface area contributed by atoms with Crippen molar-refractivity contribution in [2.75, 3.05) is 13.1 Å². The van der Waals surface area contributed by atoms with Crippen LogP contribution in [0, 0.1) is 20.8 Å². The highest BCUT2D eigenvalue weighted by molar-refractivity contribution is 5.36. The third kappa shape index (κ3) is 3.30. The van der Waals surface area contributed by atoms with Crippen molar-refractivity contribution in [1.29, 1.82) is 0 Å². The molecule has 1 aliphatic heterocycles. The molecule has 1 aromatic rings. The summed E-state index contributed by atoms with van der Waals surface area (Å²) in [5.41, 5.74) is 5.63. The molecule has 17 heavy (non-hydrogen) atoms. The lowest BCUT2D eigenvalue weighted by Gasteiger charge is -2.14. The zero-order chi connectivity index (χ0) is 12.3. The highest BCUT2D eigenvalue weighted by atomic mass is 15.0. The van der Waals surface area contributed by atoms with Gasteiger partial charge >= 0.3 is 0 Å². The molecule has 1 fully saturated rings. The molecule has 0 spiro atoms. The molecule has 1 aliphatic rings. The van der Waals surface area contributed by atoms with Crippen molar-refractivity contribution >= 4 is 0 Å². The van der Waals surface area contributed by atoms with Crippen molar-refractivity contribution in [3.63, 3.8) is 0 Å². The molecule has 2 heteroatoms. The third-order valence-corrected chi connectivity index (χ3v) is 3.82. The van der Waals surface area contributed by atoms with E-state index >= 15 is 0 Å². The van der Waals surface area contributed by atoms with Gasteiger partial charge in [-0.15, -0.1) is 0 Å². The van der Waals surface area contributed by atoms with Crippen molar-refractivity contribution in [3.8, 4) is 0 Å². The number of hydrogen-bond donors (Lipinski definition) is 2. The first-order valence-corrected chi connectivity index (χ1v) is 6.67. The normalized spacial score (nSPS) is 19.8. The summed E-state index contributed by atoms with van der Waals surface area (Å²) in [6.07, 6.45) is 2.65. The van der Waals surface area contributed by atoms with Crippen LogP contribution in [0.5, 0.6) is 0 Å². The van der Waals surface area contributed by atoms with E-state index in [1.54, 1.807) is 0 Å². The minimum absolute atomic E-state index is 0.682. The van der Waals surface area contributed by atoms with E-state index in [-0.39, 0.29) is 0 Å². The van der Waals surface area contributed by atoms with Gasteiger partial charge in [-0.2, -0.15) is 0 Å². The van der Waals surface area contributed by atoms with Gasteiger partial charge in [0.25, 0.3) is 0 Å². The fourth-order valence-electron chi connectivity index (χ4n) is 2.52. The lowest BCUT2D eigenvalue weighted by atomic mass is 10.0. The number of hydrogen-bond acceptors (Lipinski definition) is 2. The minimum Gasteiger partial charge on any atom is -0.313 e. The van der Waals surface area contributed by atoms with Gasteiger partial charge in [0.1, 0.15) is 0 Å². The summed E-state index contributed by atoms with van der Waals surface area (Å²) in [5.74, 6) is 0. The van der Waals surface area contributed by atoms with Gasteiger partial charge in [-0.05, 0) is 62.4 Å². The fourth-order valence-corrected chi connectivity index (χ4v) is 2.52. The molecule has 0 bridgehead atoms. The Morgan fingerprint density at radius 2 is 1.94 bits per heavy atom. The summed E-state index contributed by atoms with van der Waals surface area (Å²) < 4.78 is 0. The van der Waals surface area contributed by atoms with E-state index in [1.807, 2.05) is 0 Å². The lowest BCUT2D eigenvalue weighted by molar-refractivity contribution is 0.535. The lowest BCUT2D eigenvalue weighted by Crippen LogP contribution is -2.33. The molecule has 1 aromatic carbocycles. The molecule has 1 unspecified atom stereocenters. The molecule has 1 saturated heterocycles. The maximum Gasteiger partial charge on any atom is 0.0208 e. The van der Waals surface area contributed by atoms with E-state index in [1.165, 1.54) is 41.6 Å². The average Bonchev–Trinajstić information content (AvgIpc) is 2.78. The van der Waals surface area contributed by atoms with Gasteiger partial charge < -0.3 is 10.6 Å². The summed E-state index contributed by atoms with van der Waals surface area (Å²) in [4.78, 5) is 0. The van der Waals surface area contributed by atoms with E-state index < -0.39 is 0 Å². The molecular formula is C15H24N2. The predicted octanol–water partition coefficient (Wildman–Crippen LogP) is 2.45. The van der Waals surface area contributed by atoms with Crippen LogP contribution in [0.4, 0.5) is 0 Å². The highest BCUT2D eigenvalue weighted by Crippen LogP contribution is 2.15. The van der Waals surface area contributed by atoms with Crippen LogP contribution in [0.1, 0.15) is 35.1 Å². The van der Waals surface area contributed by atoms with Crippen LogP contribution in [0.3, 0.4) is 0 Å². The second-order valence-electron chi connectivity index (χ2n) is 5.29. The van der Waals surface area contributed by atoms with Gasteiger partial charge in [-0.25, -0.2) is 0 Å². The van der Waals surface area contributed by atoms with E-state index in [0.29, 0.717) is 6.04 Å². The van der Waals surface area contributed by atoms with Gasteiger partial charge in [0.2, 0.25) is 0 Å². The molecule has 1 atom stereocenters. The average molecular weight is 232 g/mol. The quantitative estimate of drug-likeness (QED) is 0.833. The summed E-state index contributed by atoms with van der Waals surface area (Å²) in [7, 11) is 0. The minimum atomic E-state index is 0.682. The van der Waals surface area contributed by atoms with E-state index in [2.05, 4.69) is 43.5 Å². The molecule has 2 nitrogen and oxygen atoms in total. The van der Waals surface area contributed by atoms with Crippen LogP contribution in [0.25, 0.3) is 0 Å². The van der Waals surface area contributed by atoms with Crippen molar-refractivity contribution in [3.05, 3.63) is 34.4 Å². The number of aryl methyl sites for hydroxylation is 3. The number of benzene rings is 1. The van der Waals surface area contributed by atoms with E-state index in [4.69, 9.17) is 0 Å². The Morgan fingerprint density at radius 1 is 1.18 bits per heavy atom. The molecule has 1 heterocycles. The monoisotopic (exact) mass is 232 g/mol. The van der Waals surface area contributed by atoms with Crippen LogP contribution >= 0.6 is 0 Å². The maximum atomic E-state index is 3.57. The van der Waals surface area contributed by atoms with Crippen molar-refractivity contribution in [1.82, 2.24) is 10.6 Å². The standard InChI is InChI=1S/C15H24N2/c1-11-7-13(3)14(8-12(11)2)9-16-10-15-5-4-6-17-15/h7-8,15-17H,4-6,9-10H2,1-3H3. The zero-order valence-corrected chi connectivity index (χ0v) is 11.3. The van der Waals surface area contributed by atoms with Crippen LogP contribution < -0.4 is 10.6 Å². The Morgan fingerprint density at radius 3 is 2.65 bits per heavy atom. The SMILES string of the molecule is Cc1cc(C)c(CNCC2CCCN2)cc1C. The Kier molecular flexibility index (Phi) is 4.19. The predicted molar refractivity (Wildman–Crippen MR) is 73.4 cm³/mol. The van der Waals surface area contributed by atoms with Gasteiger partial charge in [-0.1, -0.05) is 12.1 Å². The summed E-state index contributed by atoms with van der Waals surface area (Å²) in [6.45, 7) is 9.85. The molecule has 0 aliphatic carbocycles. The van der Waals surface area contributed by atoms with Gasteiger partial charge in [0.15, 0.2) is 0 Å². The molecule has 2 rings (SSSR count). The first-order valence-electron chi connectivity index (χ1n) is 6.67. The van der Waals surface area contributed by atoms with Gasteiger partial charge in [0, 0.05) is 19.1 Å². The molecular weight excluding hydrogens is 208 g/mol. The van der Waals surface area contributed by atoms with Crippen LogP contribution in [0.2, 0.25) is 0 Å². The van der Waals surface area contributed by atoms with Crippen molar-refractivity contribution in [2.45, 2.75) is 46.2 Å². The Labute approximate surface area is 105 Å². The summed E-state index contributed by atoms with van der Waals surface area (Å²) in [6, 6.07) is 5.29. The first-order chi connectivity index (χ1) is 8.16. The molecule has 0 amide bonds. The van der Waals surface area contributed by atoms with Gasteiger partial charge in [-0.3, -0.25) is 0 Å². The topological polar surface area (TPSA) is 24.1 Å². The second-order valence-corrected chi connectivity index (χ2v) is 5.29. The first kappa shape index (κ1) is 12.6. The fraction of sp³-hybridized carbons (Fsp3) is 0.600. The maximum absolute atomic E-state index is 3.57. The Hall–Kier alpha value is -0.860. The van der Waals surface area contributed by atoms with Crippen LogP contribution in [-0.4, -0.2) is 19.1 Å². The molecule has 0 aromatic heterocycles. The molecule has 0 saturated carbocycles. The number of nitrogens with one attached hydrogen (secondary N) is 2. The zero-order valence-electron chi connectivity index (χ0n) is 11.3. The molecule has 0 radical (unpaired) electrons. The van der Waals surface area contributed by atoms with Crippen LogP contribution in [0.15, 0.2) is 12.1 Å². The smallest absolute Gasteiger partial charge is 0.0208 e. The third-order valence-electron chi connectivity index (χ3n) is 3.82. The van der Waals surface area contributed by atoms with E-state index in [0.717, 1.165) is 13.1 Å². The van der Waals surface area contributed by atoms with Crippen LogP contribution in [-0.2, 0) is 6.54 Å². The van der Waals surface area contributed by atoms with E-state index in [9.17, 15) is 0 Å². The molecule has 94 valence electrons.